The van der Waals surface area contributed by atoms with E-state index in [0.29, 0.717) is 5.75 Å². The molecule has 100 valence electrons. The van der Waals surface area contributed by atoms with Gasteiger partial charge in [-0.05, 0) is 45.8 Å². The molecule has 6 heteroatoms. The molecule has 0 fully saturated rings. The summed E-state index contributed by atoms with van der Waals surface area (Å²) in [6.45, 7) is 2.11. The average molecular weight is 397 g/mol. The molecule has 0 bridgehead atoms. The van der Waals surface area contributed by atoms with Crippen LogP contribution in [0.4, 0.5) is 5.69 Å². The van der Waals surface area contributed by atoms with Gasteiger partial charge in [0, 0.05) is 15.6 Å². The van der Waals surface area contributed by atoms with Crippen LogP contribution in [0.25, 0.3) is 0 Å². The average Bonchev–Trinajstić information content (AvgIpc) is 2.32. The van der Waals surface area contributed by atoms with Crippen LogP contribution >= 0.6 is 43.6 Å². The number of hydrogen-bond donors (Lipinski definition) is 2. The van der Waals surface area contributed by atoms with Gasteiger partial charge in [0.1, 0.15) is 0 Å². The first-order chi connectivity index (χ1) is 8.52. The minimum Gasteiger partial charge on any atom is -0.396 e. The lowest BCUT2D eigenvalue weighted by molar-refractivity contribution is -0.113. The summed E-state index contributed by atoms with van der Waals surface area (Å²) in [5, 5.41) is 11.7. The van der Waals surface area contributed by atoms with Crippen molar-refractivity contribution in [1.82, 2.24) is 0 Å². The summed E-state index contributed by atoms with van der Waals surface area (Å²) in [4.78, 5) is 11.7. The Bertz CT molecular complexity index is 415. The molecule has 0 aliphatic heterocycles. The zero-order valence-electron chi connectivity index (χ0n) is 9.95. The Kier molecular flexibility index (Phi) is 7.29. The SMILES string of the molecule is CC(CO)CSCC(=O)Nc1ccc(Br)cc1Br. The van der Waals surface area contributed by atoms with E-state index in [1.54, 1.807) is 0 Å². The van der Waals surface area contributed by atoms with E-state index >= 15 is 0 Å². The first-order valence-corrected chi connectivity index (χ1v) is 8.20. The fraction of sp³-hybridized carbons (Fsp3) is 0.417. The van der Waals surface area contributed by atoms with Gasteiger partial charge >= 0.3 is 0 Å². The molecule has 0 aromatic heterocycles. The number of aliphatic hydroxyl groups is 1. The van der Waals surface area contributed by atoms with Gasteiger partial charge < -0.3 is 10.4 Å². The second-order valence-electron chi connectivity index (χ2n) is 3.98. The first-order valence-electron chi connectivity index (χ1n) is 5.46. The molecule has 0 aliphatic carbocycles. The summed E-state index contributed by atoms with van der Waals surface area (Å²) >= 11 is 8.28. The van der Waals surface area contributed by atoms with E-state index in [4.69, 9.17) is 5.11 Å². The van der Waals surface area contributed by atoms with Gasteiger partial charge in [0.2, 0.25) is 5.91 Å². The van der Waals surface area contributed by atoms with Crippen LogP contribution in [0, 0.1) is 5.92 Å². The fourth-order valence-electron chi connectivity index (χ4n) is 1.18. The third-order valence-electron chi connectivity index (χ3n) is 2.15. The van der Waals surface area contributed by atoms with Crippen molar-refractivity contribution < 1.29 is 9.90 Å². The Morgan fingerprint density at radius 3 is 2.83 bits per heavy atom. The number of hydrogen-bond acceptors (Lipinski definition) is 3. The highest BCUT2D eigenvalue weighted by molar-refractivity contribution is 9.11. The lowest BCUT2D eigenvalue weighted by Crippen LogP contribution is -2.16. The zero-order valence-corrected chi connectivity index (χ0v) is 13.9. The van der Waals surface area contributed by atoms with E-state index in [-0.39, 0.29) is 18.4 Å². The third-order valence-corrected chi connectivity index (χ3v) is 4.57. The van der Waals surface area contributed by atoms with Crippen LogP contribution in [0.5, 0.6) is 0 Å². The van der Waals surface area contributed by atoms with E-state index in [1.807, 2.05) is 25.1 Å². The van der Waals surface area contributed by atoms with Gasteiger partial charge in [-0.25, -0.2) is 0 Å². The number of benzene rings is 1. The van der Waals surface area contributed by atoms with Gasteiger partial charge in [-0.3, -0.25) is 4.79 Å². The predicted octanol–water partition coefficient (Wildman–Crippen LogP) is 3.51. The maximum Gasteiger partial charge on any atom is 0.234 e. The van der Waals surface area contributed by atoms with Crippen LogP contribution < -0.4 is 5.32 Å². The number of nitrogens with one attached hydrogen (secondary N) is 1. The first kappa shape index (κ1) is 16.0. The van der Waals surface area contributed by atoms with Gasteiger partial charge in [-0.1, -0.05) is 22.9 Å². The summed E-state index contributed by atoms with van der Waals surface area (Å²) in [6, 6.07) is 5.60. The molecule has 1 rings (SSSR count). The van der Waals surface area contributed by atoms with Crippen LogP contribution in [0.2, 0.25) is 0 Å². The Morgan fingerprint density at radius 1 is 1.50 bits per heavy atom. The monoisotopic (exact) mass is 395 g/mol. The number of anilines is 1. The quantitative estimate of drug-likeness (QED) is 0.773. The highest BCUT2D eigenvalue weighted by atomic mass is 79.9. The Labute approximate surface area is 128 Å². The molecular formula is C12H15Br2NO2S. The Hall–Kier alpha value is -0.0400. The van der Waals surface area contributed by atoms with Crippen LogP contribution in [-0.2, 0) is 4.79 Å². The minimum absolute atomic E-state index is 0.0341. The number of thioether (sulfide) groups is 1. The number of carbonyl (C=O) groups excluding carboxylic acids is 1. The summed E-state index contributed by atoms with van der Waals surface area (Å²) in [5.41, 5.74) is 0.763. The number of carbonyl (C=O) groups is 1. The van der Waals surface area contributed by atoms with Crippen LogP contribution in [0.3, 0.4) is 0 Å². The molecule has 2 N–H and O–H groups in total. The zero-order chi connectivity index (χ0) is 13.5. The molecule has 1 amide bonds. The Morgan fingerprint density at radius 2 is 2.22 bits per heavy atom. The summed E-state index contributed by atoms with van der Waals surface area (Å²) in [7, 11) is 0. The smallest absolute Gasteiger partial charge is 0.234 e. The molecule has 1 atom stereocenters. The molecule has 0 radical (unpaired) electrons. The highest BCUT2D eigenvalue weighted by Gasteiger charge is 2.07. The van der Waals surface area contributed by atoms with Crippen molar-refractivity contribution in [2.24, 2.45) is 5.92 Å². The van der Waals surface area contributed by atoms with Crippen LogP contribution in [-0.4, -0.2) is 29.1 Å². The van der Waals surface area contributed by atoms with Gasteiger partial charge in [0.15, 0.2) is 0 Å². The standard InChI is InChI=1S/C12H15Br2NO2S/c1-8(5-16)6-18-7-12(17)15-11-3-2-9(13)4-10(11)14/h2-4,8,16H,5-7H2,1H3,(H,15,17). The second-order valence-corrected chi connectivity index (χ2v) is 6.78. The van der Waals surface area contributed by atoms with Crippen molar-refractivity contribution in [3.05, 3.63) is 27.1 Å². The lowest BCUT2D eigenvalue weighted by atomic mass is 10.2. The summed E-state index contributed by atoms with van der Waals surface area (Å²) in [6.07, 6.45) is 0. The molecule has 1 aromatic carbocycles. The third kappa shape index (κ3) is 5.73. The molecule has 0 aliphatic rings. The second kappa shape index (κ2) is 8.19. The van der Waals surface area contributed by atoms with Crippen LogP contribution in [0.15, 0.2) is 27.1 Å². The van der Waals surface area contributed by atoms with Crippen molar-refractivity contribution in [3.8, 4) is 0 Å². The molecule has 3 nitrogen and oxygen atoms in total. The summed E-state index contributed by atoms with van der Waals surface area (Å²) in [5.74, 6) is 1.37. The van der Waals surface area contributed by atoms with E-state index in [9.17, 15) is 4.79 Å². The van der Waals surface area contributed by atoms with E-state index in [2.05, 4.69) is 37.2 Å². The van der Waals surface area contributed by atoms with Crippen molar-refractivity contribution >= 4 is 55.2 Å². The van der Waals surface area contributed by atoms with Crippen molar-refractivity contribution in [2.75, 3.05) is 23.4 Å². The molecule has 0 saturated carbocycles. The fourth-order valence-corrected chi connectivity index (χ4v) is 3.21. The van der Waals surface area contributed by atoms with Gasteiger partial charge in [0.05, 0.1) is 11.4 Å². The van der Waals surface area contributed by atoms with E-state index in [0.717, 1.165) is 20.4 Å². The van der Waals surface area contributed by atoms with E-state index < -0.39 is 0 Å². The molecule has 0 heterocycles. The van der Waals surface area contributed by atoms with Crippen LogP contribution in [0.1, 0.15) is 6.92 Å². The van der Waals surface area contributed by atoms with Crippen molar-refractivity contribution in [2.45, 2.75) is 6.92 Å². The van der Waals surface area contributed by atoms with Gasteiger partial charge in [-0.2, -0.15) is 11.8 Å². The van der Waals surface area contributed by atoms with Crippen molar-refractivity contribution in [1.29, 1.82) is 0 Å². The highest BCUT2D eigenvalue weighted by Crippen LogP contribution is 2.26. The normalized spacial score (nSPS) is 12.2. The topological polar surface area (TPSA) is 49.3 Å². The lowest BCUT2D eigenvalue weighted by Gasteiger charge is -2.09. The number of aliphatic hydroxyl groups excluding tert-OH is 1. The number of amides is 1. The largest absolute Gasteiger partial charge is 0.396 e. The summed E-state index contributed by atoms with van der Waals surface area (Å²) < 4.78 is 1.80. The molecular weight excluding hydrogens is 382 g/mol. The number of halogens is 2. The minimum atomic E-state index is -0.0341. The predicted molar refractivity (Wildman–Crippen MR) is 84.0 cm³/mol. The van der Waals surface area contributed by atoms with E-state index in [1.165, 1.54) is 11.8 Å². The van der Waals surface area contributed by atoms with Gasteiger partial charge in [-0.15, -0.1) is 0 Å². The molecule has 1 aromatic rings. The maximum atomic E-state index is 11.7. The number of rotatable bonds is 6. The Balaban J connectivity index is 2.40. The van der Waals surface area contributed by atoms with Gasteiger partial charge in [0.25, 0.3) is 0 Å². The maximum absolute atomic E-state index is 11.7. The van der Waals surface area contributed by atoms with Crippen molar-refractivity contribution in [3.63, 3.8) is 0 Å². The molecule has 0 saturated heterocycles. The molecule has 18 heavy (non-hydrogen) atoms. The molecule has 0 spiro atoms. The molecule has 1 unspecified atom stereocenters.